The van der Waals surface area contributed by atoms with Gasteiger partial charge < -0.3 is 20.4 Å². The number of aromatic nitrogens is 1. The number of aromatic amines is 1. The third kappa shape index (κ3) is 2.77. The molecule has 0 aliphatic carbocycles. The van der Waals surface area contributed by atoms with Crippen molar-refractivity contribution >= 4 is 22.5 Å². The third-order valence-electron chi connectivity index (χ3n) is 3.36. The smallest absolute Gasteiger partial charge is 0.256 e. The predicted octanol–water partition coefficient (Wildman–Crippen LogP) is 2.25. The van der Waals surface area contributed by atoms with Gasteiger partial charge in [0.1, 0.15) is 0 Å². The maximum Gasteiger partial charge on any atom is 0.256 e. The number of anilines is 1. The normalized spacial score (nSPS) is 11.2. The summed E-state index contributed by atoms with van der Waals surface area (Å²) < 4.78 is 5.07. The van der Waals surface area contributed by atoms with Crippen molar-refractivity contribution in [3.05, 3.63) is 30.0 Å². The predicted molar refractivity (Wildman–Crippen MR) is 80.8 cm³/mol. The van der Waals surface area contributed by atoms with Crippen molar-refractivity contribution in [3.63, 3.8) is 0 Å². The molecule has 0 aliphatic heterocycles. The highest BCUT2D eigenvalue weighted by Gasteiger charge is 2.21. The van der Waals surface area contributed by atoms with E-state index in [9.17, 15) is 4.79 Å². The molecule has 0 saturated carbocycles. The highest BCUT2D eigenvalue weighted by atomic mass is 16.5. The van der Waals surface area contributed by atoms with Crippen LogP contribution in [0.25, 0.3) is 10.9 Å². The molecule has 0 bridgehead atoms. The number of fused-ring (bicyclic) bond motifs is 1. The molecule has 2 rings (SSSR count). The summed E-state index contributed by atoms with van der Waals surface area (Å²) in [6.07, 6.45) is 1.74. The summed E-state index contributed by atoms with van der Waals surface area (Å²) in [6, 6.07) is 5.64. The summed E-state index contributed by atoms with van der Waals surface area (Å²) in [7, 11) is 1.63. The molecule has 3 N–H and O–H groups in total. The van der Waals surface area contributed by atoms with Crippen LogP contribution >= 0.6 is 0 Å². The molecule has 5 heteroatoms. The lowest BCUT2D eigenvalue weighted by Gasteiger charge is -2.26. The lowest BCUT2D eigenvalue weighted by atomic mass is 10.1. The number of nitrogens with two attached hydrogens (primary N) is 1. The molecule has 0 saturated heterocycles. The lowest BCUT2D eigenvalue weighted by Crippen LogP contribution is -2.39. The number of hydrogen-bond donors (Lipinski definition) is 2. The van der Waals surface area contributed by atoms with E-state index in [1.54, 1.807) is 18.2 Å². The van der Waals surface area contributed by atoms with Gasteiger partial charge in [-0.1, -0.05) is 0 Å². The van der Waals surface area contributed by atoms with E-state index in [2.05, 4.69) is 4.98 Å². The monoisotopic (exact) mass is 275 g/mol. The molecule has 0 unspecified atom stereocenters. The zero-order valence-corrected chi connectivity index (χ0v) is 12.1. The van der Waals surface area contributed by atoms with Crippen LogP contribution in [0.3, 0.4) is 0 Å². The Labute approximate surface area is 118 Å². The summed E-state index contributed by atoms with van der Waals surface area (Å²) in [6.45, 7) is 5.09. The van der Waals surface area contributed by atoms with Crippen molar-refractivity contribution in [1.82, 2.24) is 9.88 Å². The molecule has 0 aliphatic rings. The first-order chi connectivity index (χ1) is 9.54. The molecule has 1 heterocycles. The Bertz CT molecular complexity index is 604. The molecule has 0 spiro atoms. The number of amides is 1. The second kappa shape index (κ2) is 5.96. The number of methoxy groups -OCH3 is 1. The maximum absolute atomic E-state index is 12.7. The molecule has 2 aromatic rings. The lowest BCUT2D eigenvalue weighted by molar-refractivity contribution is 0.0637. The molecule has 1 amide bonds. The van der Waals surface area contributed by atoms with Crippen LogP contribution in [0.4, 0.5) is 5.69 Å². The Morgan fingerprint density at radius 3 is 2.85 bits per heavy atom. The van der Waals surface area contributed by atoms with Crippen molar-refractivity contribution in [2.45, 2.75) is 19.9 Å². The molecule has 1 aromatic carbocycles. The van der Waals surface area contributed by atoms with Crippen LogP contribution in [0.5, 0.6) is 0 Å². The first-order valence-corrected chi connectivity index (χ1v) is 6.71. The number of carbonyl (C=O) groups excluding carboxylic acids is 1. The average molecular weight is 275 g/mol. The zero-order valence-electron chi connectivity index (χ0n) is 12.1. The fourth-order valence-electron chi connectivity index (χ4n) is 2.25. The molecule has 0 radical (unpaired) electrons. The number of carbonyl (C=O) groups is 1. The van der Waals surface area contributed by atoms with Crippen LogP contribution in [0.1, 0.15) is 24.2 Å². The van der Waals surface area contributed by atoms with Gasteiger partial charge in [-0.05, 0) is 32.0 Å². The minimum absolute atomic E-state index is 0.00565. The Kier molecular flexibility index (Phi) is 4.29. The highest BCUT2D eigenvalue weighted by Crippen LogP contribution is 2.22. The minimum Gasteiger partial charge on any atom is -0.399 e. The molecule has 1 aromatic heterocycles. The number of rotatable bonds is 5. The topological polar surface area (TPSA) is 71.3 Å². The largest absolute Gasteiger partial charge is 0.399 e. The van der Waals surface area contributed by atoms with Gasteiger partial charge in [0.25, 0.3) is 5.91 Å². The zero-order chi connectivity index (χ0) is 14.7. The van der Waals surface area contributed by atoms with Gasteiger partial charge in [0.15, 0.2) is 0 Å². The van der Waals surface area contributed by atoms with Gasteiger partial charge in [-0.25, -0.2) is 0 Å². The fraction of sp³-hybridized carbons (Fsp3) is 0.400. The highest BCUT2D eigenvalue weighted by molar-refractivity contribution is 6.07. The molecular formula is C15H21N3O2. The van der Waals surface area contributed by atoms with Crippen LogP contribution in [0, 0.1) is 0 Å². The van der Waals surface area contributed by atoms with Gasteiger partial charge >= 0.3 is 0 Å². The summed E-state index contributed by atoms with van der Waals surface area (Å²) in [5.74, 6) is -0.00565. The Morgan fingerprint density at radius 2 is 2.20 bits per heavy atom. The summed E-state index contributed by atoms with van der Waals surface area (Å²) in [5, 5.41) is 0.859. The summed E-state index contributed by atoms with van der Waals surface area (Å²) in [5.41, 5.74) is 8.03. The minimum atomic E-state index is -0.00565. The molecular weight excluding hydrogens is 254 g/mol. The van der Waals surface area contributed by atoms with E-state index in [1.165, 1.54) is 0 Å². The van der Waals surface area contributed by atoms with Gasteiger partial charge in [0, 0.05) is 42.5 Å². The van der Waals surface area contributed by atoms with E-state index in [4.69, 9.17) is 10.5 Å². The fourth-order valence-corrected chi connectivity index (χ4v) is 2.25. The van der Waals surface area contributed by atoms with Gasteiger partial charge in [-0.3, -0.25) is 4.79 Å². The van der Waals surface area contributed by atoms with E-state index in [-0.39, 0.29) is 11.9 Å². The first-order valence-electron chi connectivity index (χ1n) is 6.71. The number of nitrogens with zero attached hydrogens (tertiary/aromatic N) is 1. The number of hydrogen-bond acceptors (Lipinski definition) is 3. The Morgan fingerprint density at radius 1 is 1.45 bits per heavy atom. The quantitative estimate of drug-likeness (QED) is 0.822. The summed E-state index contributed by atoms with van der Waals surface area (Å²) in [4.78, 5) is 17.6. The van der Waals surface area contributed by atoms with Crippen molar-refractivity contribution in [2.24, 2.45) is 0 Å². The van der Waals surface area contributed by atoms with E-state index < -0.39 is 0 Å². The second-order valence-corrected chi connectivity index (χ2v) is 5.09. The standard InChI is InChI=1S/C15H21N3O2/c1-10(2)18(6-7-20-3)15(19)13-9-17-14-5-4-11(16)8-12(13)14/h4-5,8-10,17H,6-7,16H2,1-3H3. The Balaban J connectivity index is 2.35. The second-order valence-electron chi connectivity index (χ2n) is 5.09. The first kappa shape index (κ1) is 14.4. The van der Waals surface area contributed by atoms with E-state index in [0.29, 0.717) is 24.4 Å². The molecule has 0 fully saturated rings. The molecule has 108 valence electrons. The average Bonchev–Trinajstić information content (AvgIpc) is 2.81. The number of nitrogen functional groups attached to an aromatic ring is 1. The van der Waals surface area contributed by atoms with Crippen LogP contribution < -0.4 is 5.73 Å². The number of H-pyrrole nitrogens is 1. The molecule has 20 heavy (non-hydrogen) atoms. The van der Waals surface area contributed by atoms with E-state index >= 15 is 0 Å². The number of benzene rings is 1. The van der Waals surface area contributed by atoms with Crippen molar-refractivity contribution in [2.75, 3.05) is 26.0 Å². The van der Waals surface area contributed by atoms with Crippen molar-refractivity contribution in [1.29, 1.82) is 0 Å². The summed E-state index contributed by atoms with van der Waals surface area (Å²) >= 11 is 0. The number of ether oxygens (including phenoxy) is 1. The van der Waals surface area contributed by atoms with Crippen LogP contribution in [0.2, 0.25) is 0 Å². The molecule has 0 atom stereocenters. The van der Waals surface area contributed by atoms with E-state index in [0.717, 1.165) is 10.9 Å². The van der Waals surface area contributed by atoms with Crippen LogP contribution in [0.15, 0.2) is 24.4 Å². The van der Waals surface area contributed by atoms with Crippen molar-refractivity contribution in [3.8, 4) is 0 Å². The van der Waals surface area contributed by atoms with Crippen LogP contribution in [-0.4, -0.2) is 42.1 Å². The van der Waals surface area contributed by atoms with Gasteiger partial charge in [-0.15, -0.1) is 0 Å². The number of nitrogens with one attached hydrogen (secondary N) is 1. The van der Waals surface area contributed by atoms with Gasteiger partial charge in [0.05, 0.1) is 12.2 Å². The third-order valence-corrected chi connectivity index (χ3v) is 3.36. The van der Waals surface area contributed by atoms with Gasteiger partial charge in [0.2, 0.25) is 0 Å². The van der Waals surface area contributed by atoms with Crippen LogP contribution in [-0.2, 0) is 4.74 Å². The molecule has 5 nitrogen and oxygen atoms in total. The van der Waals surface area contributed by atoms with Crippen molar-refractivity contribution < 1.29 is 9.53 Å². The Hall–Kier alpha value is -2.01. The van der Waals surface area contributed by atoms with Gasteiger partial charge in [-0.2, -0.15) is 0 Å². The van der Waals surface area contributed by atoms with E-state index in [1.807, 2.05) is 32.0 Å². The maximum atomic E-state index is 12.7. The SMILES string of the molecule is COCCN(C(=O)c1c[nH]c2ccc(N)cc12)C(C)C.